The van der Waals surface area contributed by atoms with E-state index < -0.39 is 0 Å². The van der Waals surface area contributed by atoms with Crippen LogP contribution < -0.4 is 5.32 Å². The van der Waals surface area contributed by atoms with Crippen molar-refractivity contribution in [3.63, 3.8) is 0 Å². The summed E-state index contributed by atoms with van der Waals surface area (Å²) < 4.78 is 7.34. The number of fused-ring (bicyclic) bond motifs is 1. The molecule has 0 atom stereocenters. The standard InChI is InChI=1S/C18H25NOS/c1-13(2)19-11-18-16(12-20-10-9-14-7-8-14)15-5-3-4-6-17(15)21-18/h3-6,13-14,19H,7-12H2,1-2H3. The van der Waals surface area contributed by atoms with Gasteiger partial charge in [0.05, 0.1) is 6.61 Å². The number of hydrogen-bond donors (Lipinski definition) is 1. The minimum atomic E-state index is 0.513. The molecule has 1 N–H and O–H groups in total. The smallest absolute Gasteiger partial charge is 0.0734 e. The van der Waals surface area contributed by atoms with Crippen LogP contribution in [-0.4, -0.2) is 12.6 Å². The topological polar surface area (TPSA) is 21.3 Å². The van der Waals surface area contributed by atoms with Crippen LogP contribution in [0.1, 0.15) is 43.6 Å². The maximum atomic E-state index is 5.96. The van der Waals surface area contributed by atoms with Crippen molar-refractivity contribution in [2.45, 2.75) is 52.3 Å². The van der Waals surface area contributed by atoms with E-state index in [4.69, 9.17) is 4.74 Å². The lowest BCUT2D eigenvalue weighted by Gasteiger charge is -2.09. The largest absolute Gasteiger partial charge is 0.377 e. The number of benzene rings is 1. The maximum absolute atomic E-state index is 5.96. The normalized spacial score (nSPS) is 15.2. The summed E-state index contributed by atoms with van der Waals surface area (Å²) in [5.74, 6) is 0.950. The summed E-state index contributed by atoms with van der Waals surface area (Å²) in [4.78, 5) is 1.43. The summed E-state index contributed by atoms with van der Waals surface area (Å²) in [6.45, 7) is 6.99. The molecule has 0 spiro atoms. The minimum Gasteiger partial charge on any atom is -0.377 e. The Balaban J connectivity index is 1.70. The molecule has 1 heterocycles. The molecule has 1 aliphatic carbocycles. The highest BCUT2D eigenvalue weighted by Crippen LogP contribution is 2.34. The summed E-state index contributed by atoms with van der Waals surface area (Å²) in [5, 5.41) is 4.91. The summed E-state index contributed by atoms with van der Waals surface area (Å²) in [5.41, 5.74) is 1.39. The Hall–Kier alpha value is -0.900. The van der Waals surface area contributed by atoms with Crippen LogP contribution in [0.15, 0.2) is 24.3 Å². The summed E-state index contributed by atoms with van der Waals surface area (Å²) in [6, 6.07) is 9.20. The van der Waals surface area contributed by atoms with Crippen molar-refractivity contribution in [1.82, 2.24) is 5.32 Å². The molecule has 0 saturated heterocycles. The molecule has 1 fully saturated rings. The Labute approximate surface area is 131 Å². The Morgan fingerprint density at radius 2 is 2.10 bits per heavy atom. The van der Waals surface area contributed by atoms with Crippen LogP contribution in [0.25, 0.3) is 10.1 Å². The second kappa shape index (κ2) is 6.91. The summed E-state index contributed by atoms with van der Waals surface area (Å²) in [6.07, 6.45) is 4.06. The molecule has 0 amide bonds. The lowest BCUT2D eigenvalue weighted by Crippen LogP contribution is -2.21. The fourth-order valence-corrected chi connectivity index (χ4v) is 3.74. The zero-order chi connectivity index (χ0) is 14.7. The van der Waals surface area contributed by atoms with Crippen LogP contribution in [0.2, 0.25) is 0 Å². The average Bonchev–Trinajstić information content (AvgIpc) is 3.23. The molecular weight excluding hydrogens is 278 g/mol. The Bertz CT molecular complexity index is 586. The molecule has 1 aromatic carbocycles. The molecule has 0 radical (unpaired) electrons. The second-order valence-electron chi connectivity index (χ2n) is 6.32. The fourth-order valence-electron chi connectivity index (χ4n) is 2.58. The third-order valence-corrected chi connectivity index (χ3v) is 5.28. The molecule has 0 aliphatic heterocycles. The quantitative estimate of drug-likeness (QED) is 0.713. The van der Waals surface area contributed by atoms with Crippen LogP contribution >= 0.6 is 11.3 Å². The van der Waals surface area contributed by atoms with Gasteiger partial charge in [0, 0.05) is 34.3 Å². The van der Waals surface area contributed by atoms with Gasteiger partial charge in [0.15, 0.2) is 0 Å². The van der Waals surface area contributed by atoms with Crippen LogP contribution in [-0.2, 0) is 17.9 Å². The number of rotatable bonds is 8. The van der Waals surface area contributed by atoms with Gasteiger partial charge in [-0.25, -0.2) is 0 Å². The highest BCUT2D eigenvalue weighted by Gasteiger charge is 2.20. The van der Waals surface area contributed by atoms with Gasteiger partial charge >= 0.3 is 0 Å². The summed E-state index contributed by atoms with van der Waals surface area (Å²) >= 11 is 1.90. The van der Waals surface area contributed by atoms with Gasteiger partial charge in [-0.2, -0.15) is 0 Å². The number of hydrogen-bond acceptors (Lipinski definition) is 3. The highest BCUT2D eigenvalue weighted by molar-refractivity contribution is 7.19. The van der Waals surface area contributed by atoms with Crippen molar-refractivity contribution in [2.24, 2.45) is 5.92 Å². The van der Waals surface area contributed by atoms with Crippen LogP contribution in [0, 0.1) is 5.92 Å². The van der Waals surface area contributed by atoms with Crippen molar-refractivity contribution < 1.29 is 4.74 Å². The van der Waals surface area contributed by atoms with E-state index >= 15 is 0 Å². The van der Waals surface area contributed by atoms with Gasteiger partial charge in [-0.05, 0) is 23.8 Å². The number of nitrogens with one attached hydrogen (secondary N) is 1. The van der Waals surface area contributed by atoms with Crippen LogP contribution in [0.4, 0.5) is 0 Å². The van der Waals surface area contributed by atoms with Gasteiger partial charge < -0.3 is 10.1 Å². The molecule has 3 heteroatoms. The first-order valence-corrected chi connectivity index (χ1v) is 8.86. The molecule has 2 nitrogen and oxygen atoms in total. The van der Waals surface area contributed by atoms with Crippen molar-refractivity contribution in [3.8, 4) is 0 Å². The zero-order valence-corrected chi connectivity index (χ0v) is 13.8. The van der Waals surface area contributed by atoms with Crippen molar-refractivity contribution in [1.29, 1.82) is 0 Å². The SMILES string of the molecule is CC(C)NCc1sc2ccccc2c1COCCC1CC1. The molecular formula is C18H25NOS. The van der Waals surface area contributed by atoms with E-state index in [1.54, 1.807) is 0 Å². The van der Waals surface area contributed by atoms with Gasteiger partial charge in [-0.3, -0.25) is 0 Å². The molecule has 1 aliphatic rings. The molecule has 0 bridgehead atoms. The van der Waals surface area contributed by atoms with Crippen LogP contribution in [0.3, 0.4) is 0 Å². The first kappa shape index (κ1) is 15.0. The maximum Gasteiger partial charge on any atom is 0.0734 e. The second-order valence-corrected chi connectivity index (χ2v) is 7.46. The summed E-state index contributed by atoms with van der Waals surface area (Å²) in [7, 11) is 0. The van der Waals surface area contributed by atoms with Crippen molar-refractivity contribution in [3.05, 3.63) is 34.7 Å². The van der Waals surface area contributed by atoms with E-state index in [0.717, 1.165) is 25.7 Å². The third-order valence-electron chi connectivity index (χ3n) is 4.07. The average molecular weight is 303 g/mol. The predicted octanol–water partition coefficient (Wildman–Crippen LogP) is 4.72. The molecule has 3 rings (SSSR count). The Morgan fingerprint density at radius 3 is 2.86 bits per heavy atom. The van der Waals surface area contributed by atoms with E-state index in [1.807, 2.05) is 11.3 Å². The van der Waals surface area contributed by atoms with E-state index in [-0.39, 0.29) is 0 Å². The first-order chi connectivity index (χ1) is 10.2. The third kappa shape index (κ3) is 4.06. The van der Waals surface area contributed by atoms with E-state index in [0.29, 0.717) is 6.04 Å². The van der Waals surface area contributed by atoms with Crippen LogP contribution in [0.5, 0.6) is 0 Å². The van der Waals surface area contributed by atoms with Gasteiger partial charge in [0.25, 0.3) is 0 Å². The van der Waals surface area contributed by atoms with Gasteiger partial charge in [0.2, 0.25) is 0 Å². The molecule has 2 aromatic rings. The van der Waals surface area contributed by atoms with Gasteiger partial charge in [-0.1, -0.05) is 44.9 Å². The molecule has 1 saturated carbocycles. The number of ether oxygens (including phenoxy) is 1. The van der Waals surface area contributed by atoms with Crippen molar-refractivity contribution in [2.75, 3.05) is 6.61 Å². The number of thiophene rings is 1. The predicted molar refractivity (Wildman–Crippen MR) is 90.8 cm³/mol. The molecule has 1 aromatic heterocycles. The van der Waals surface area contributed by atoms with E-state index in [9.17, 15) is 0 Å². The first-order valence-electron chi connectivity index (χ1n) is 8.04. The van der Waals surface area contributed by atoms with E-state index in [1.165, 1.54) is 39.8 Å². The molecule has 0 unspecified atom stereocenters. The monoisotopic (exact) mass is 303 g/mol. The molecule has 114 valence electrons. The Morgan fingerprint density at radius 1 is 1.29 bits per heavy atom. The Kier molecular flexibility index (Phi) is 4.94. The highest BCUT2D eigenvalue weighted by atomic mass is 32.1. The minimum absolute atomic E-state index is 0.513. The van der Waals surface area contributed by atoms with Gasteiger partial charge in [-0.15, -0.1) is 11.3 Å². The molecule has 21 heavy (non-hydrogen) atoms. The zero-order valence-electron chi connectivity index (χ0n) is 13.0. The lowest BCUT2D eigenvalue weighted by atomic mass is 10.1. The lowest BCUT2D eigenvalue weighted by molar-refractivity contribution is 0.115. The van der Waals surface area contributed by atoms with E-state index in [2.05, 4.69) is 43.4 Å². The fraction of sp³-hybridized carbons (Fsp3) is 0.556. The van der Waals surface area contributed by atoms with Crippen molar-refractivity contribution >= 4 is 21.4 Å². The van der Waals surface area contributed by atoms with Gasteiger partial charge in [0.1, 0.15) is 0 Å².